The van der Waals surface area contributed by atoms with Crippen LogP contribution in [-0.4, -0.2) is 8.42 Å². The molecule has 2 aromatic carbocycles. The zero-order valence-electron chi connectivity index (χ0n) is 9.37. The minimum Gasteiger partial charge on any atom is -0.399 e. The molecule has 0 radical (unpaired) electrons. The van der Waals surface area contributed by atoms with Crippen molar-refractivity contribution < 1.29 is 8.42 Å². The molecule has 5 nitrogen and oxygen atoms in total. The number of nitrogens with one attached hydrogen (secondary N) is 1. The largest absolute Gasteiger partial charge is 0.399 e. The minimum absolute atomic E-state index is 0.166. The zero-order chi connectivity index (χ0) is 13.2. The van der Waals surface area contributed by atoms with E-state index in [-0.39, 0.29) is 9.79 Å². The Kier molecular flexibility index (Phi) is 3.12. The standard InChI is InChI=1S/C12H11N3O2S/c13-9-1-5-11(6-2-9)18(16,17)12-7-3-10(15-14)4-8-12/h1-8,14H,13H2. The summed E-state index contributed by atoms with van der Waals surface area (Å²) in [6, 6.07) is 11.8. The maximum atomic E-state index is 12.2. The van der Waals surface area contributed by atoms with Crippen molar-refractivity contribution >= 4 is 21.2 Å². The van der Waals surface area contributed by atoms with Crippen LogP contribution in [0.5, 0.6) is 0 Å². The van der Waals surface area contributed by atoms with Crippen LogP contribution in [0.3, 0.4) is 0 Å². The third-order valence-corrected chi connectivity index (χ3v) is 4.25. The van der Waals surface area contributed by atoms with Gasteiger partial charge >= 0.3 is 0 Å². The average Bonchev–Trinajstić information content (AvgIpc) is 2.39. The Morgan fingerprint density at radius 2 is 1.33 bits per heavy atom. The van der Waals surface area contributed by atoms with Crippen molar-refractivity contribution in [2.24, 2.45) is 5.11 Å². The summed E-state index contributed by atoms with van der Waals surface area (Å²) >= 11 is 0. The summed E-state index contributed by atoms with van der Waals surface area (Å²) in [5.41, 5.74) is 13.3. The normalized spacial score (nSPS) is 11.1. The van der Waals surface area contributed by atoms with Gasteiger partial charge in [-0.05, 0) is 48.5 Å². The van der Waals surface area contributed by atoms with Crippen LogP contribution in [0.4, 0.5) is 11.4 Å². The van der Waals surface area contributed by atoms with Gasteiger partial charge in [0, 0.05) is 5.69 Å². The Bertz CT molecular complexity index is 661. The van der Waals surface area contributed by atoms with Crippen molar-refractivity contribution in [2.75, 3.05) is 5.73 Å². The predicted molar refractivity (Wildman–Crippen MR) is 67.6 cm³/mol. The Balaban J connectivity index is 2.47. The molecule has 2 aromatic rings. The molecule has 0 atom stereocenters. The topological polar surface area (TPSA) is 96.4 Å². The highest BCUT2D eigenvalue weighted by molar-refractivity contribution is 7.91. The third-order valence-electron chi connectivity index (χ3n) is 2.47. The van der Waals surface area contributed by atoms with Gasteiger partial charge in [-0.25, -0.2) is 13.9 Å². The van der Waals surface area contributed by atoms with Gasteiger partial charge in [0.05, 0.1) is 15.5 Å². The van der Waals surface area contributed by atoms with Crippen molar-refractivity contribution in [3.8, 4) is 0 Å². The van der Waals surface area contributed by atoms with Crippen LogP contribution in [0, 0.1) is 5.53 Å². The van der Waals surface area contributed by atoms with Crippen molar-refractivity contribution in [2.45, 2.75) is 9.79 Å². The van der Waals surface area contributed by atoms with Crippen molar-refractivity contribution in [3.63, 3.8) is 0 Å². The number of nitrogens with two attached hydrogens (primary N) is 1. The number of sulfone groups is 1. The second-order valence-electron chi connectivity index (χ2n) is 3.68. The fourth-order valence-corrected chi connectivity index (χ4v) is 2.74. The number of benzene rings is 2. The molecule has 0 bridgehead atoms. The second kappa shape index (κ2) is 4.58. The summed E-state index contributed by atoms with van der Waals surface area (Å²) in [5.74, 6) is 0. The number of hydrogen-bond donors (Lipinski definition) is 2. The summed E-state index contributed by atoms with van der Waals surface area (Å²) in [6.07, 6.45) is 0. The molecule has 0 spiro atoms. The number of rotatable bonds is 3. The number of nitrogens with zero attached hydrogens (tertiary/aromatic N) is 1. The molecular weight excluding hydrogens is 250 g/mol. The van der Waals surface area contributed by atoms with Crippen LogP contribution in [0.1, 0.15) is 0 Å². The summed E-state index contributed by atoms with van der Waals surface area (Å²) in [5, 5.41) is 3.22. The van der Waals surface area contributed by atoms with Gasteiger partial charge in [-0.2, -0.15) is 5.11 Å². The van der Waals surface area contributed by atoms with Crippen LogP contribution in [0.15, 0.2) is 63.4 Å². The lowest BCUT2D eigenvalue weighted by molar-refractivity contribution is 0.596. The van der Waals surface area contributed by atoms with Gasteiger partial charge in [0.25, 0.3) is 0 Å². The maximum Gasteiger partial charge on any atom is 0.206 e. The fraction of sp³-hybridized carbons (Fsp3) is 0. The molecule has 0 saturated carbocycles. The first kappa shape index (κ1) is 12.3. The first-order valence-electron chi connectivity index (χ1n) is 5.12. The van der Waals surface area contributed by atoms with E-state index in [2.05, 4.69) is 5.11 Å². The molecule has 0 amide bonds. The zero-order valence-corrected chi connectivity index (χ0v) is 10.2. The molecule has 92 valence electrons. The van der Waals surface area contributed by atoms with Gasteiger partial charge in [0.2, 0.25) is 9.84 Å². The average molecular weight is 261 g/mol. The van der Waals surface area contributed by atoms with Gasteiger partial charge in [-0.15, -0.1) is 0 Å². The quantitative estimate of drug-likeness (QED) is 0.656. The molecule has 0 aliphatic rings. The Morgan fingerprint density at radius 3 is 1.78 bits per heavy atom. The summed E-state index contributed by atoms with van der Waals surface area (Å²) in [4.78, 5) is 0.354. The molecule has 6 heteroatoms. The fourth-order valence-electron chi connectivity index (χ4n) is 1.48. The molecule has 0 aromatic heterocycles. The SMILES string of the molecule is N=Nc1ccc(S(=O)(=O)c2ccc(N)cc2)cc1. The monoisotopic (exact) mass is 261 g/mol. The lowest BCUT2D eigenvalue weighted by atomic mass is 10.3. The molecule has 0 heterocycles. The first-order valence-corrected chi connectivity index (χ1v) is 6.60. The summed E-state index contributed by atoms with van der Waals surface area (Å²) in [7, 11) is -3.54. The molecular formula is C12H11N3O2S. The molecule has 2 rings (SSSR count). The molecule has 18 heavy (non-hydrogen) atoms. The van der Waals surface area contributed by atoms with Crippen molar-refractivity contribution in [3.05, 3.63) is 48.5 Å². The Morgan fingerprint density at radius 1 is 0.889 bits per heavy atom. The van der Waals surface area contributed by atoms with E-state index >= 15 is 0 Å². The van der Waals surface area contributed by atoms with Crippen molar-refractivity contribution in [1.29, 1.82) is 5.53 Å². The number of hydrogen-bond acceptors (Lipinski definition) is 5. The predicted octanol–water partition coefficient (Wildman–Crippen LogP) is 2.76. The highest BCUT2D eigenvalue weighted by Gasteiger charge is 2.16. The lowest BCUT2D eigenvalue weighted by Crippen LogP contribution is -2.01. The minimum atomic E-state index is -3.54. The van der Waals surface area contributed by atoms with E-state index in [0.717, 1.165) is 0 Å². The molecule has 0 aliphatic heterocycles. The number of nitrogen functional groups attached to an aromatic ring is 1. The molecule has 3 N–H and O–H groups in total. The highest BCUT2D eigenvalue weighted by atomic mass is 32.2. The van der Waals surface area contributed by atoms with E-state index in [4.69, 9.17) is 11.3 Å². The van der Waals surface area contributed by atoms with Crippen molar-refractivity contribution in [1.82, 2.24) is 0 Å². The first-order chi connectivity index (χ1) is 8.54. The van der Waals surface area contributed by atoms with E-state index in [1.54, 1.807) is 12.1 Å². The maximum absolute atomic E-state index is 12.2. The summed E-state index contributed by atoms with van der Waals surface area (Å²) in [6.45, 7) is 0. The van der Waals surface area contributed by atoms with Gasteiger partial charge in [-0.3, -0.25) is 0 Å². The molecule has 0 saturated heterocycles. The Labute approximate surface area is 105 Å². The Hall–Kier alpha value is -2.21. The lowest BCUT2D eigenvalue weighted by Gasteiger charge is -2.05. The van der Waals surface area contributed by atoms with E-state index in [9.17, 15) is 8.42 Å². The van der Waals surface area contributed by atoms with Crippen LogP contribution in [0.2, 0.25) is 0 Å². The van der Waals surface area contributed by atoms with Crippen LogP contribution < -0.4 is 5.73 Å². The van der Waals surface area contributed by atoms with E-state index in [0.29, 0.717) is 11.4 Å². The smallest absolute Gasteiger partial charge is 0.206 e. The number of anilines is 1. The van der Waals surface area contributed by atoms with E-state index < -0.39 is 9.84 Å². The van der Waals surface area contributed by atoms with E-state index in [1.165, 1.54) is 36.4 Å². The van der Waals surface area contributed by atoms with E-state index in [1.807, 2.05) is 0 Å². The highest BCUT2D eigenvalue weighted by Crippen LogP contribution is 2.23. The van der Waals surface area contributed by atoms with Gasteiger partial charge in [-0.1, -0.05) is 0 Å². The van der Waals surface area contributed by atoms with Gasteiger partial charge < -0.3 is 5.73 Å². The van der Waals surface area contributed by atoms with Crippen LogP contribution in [0.25, 0.3) is 0 Å². The van der Waals surface area contributed by atoms with Gasteiger partial charge in [0.1, 0.15) is 0 Å². The molecule has 0 fully saturated rings. The van der Waals surface area contributed by atoms with Crippen LogP contribution in [-0.2, 0) is 9.84 Å². The second-order valence-corrected chi connectivity index (χ2v) is 5.63. The third kappa shape index (κ3) is 2.23. The molecule has 0 aliphatic carbocycles. The summed E-state index contributed by atoms with van der Waals surface area (Å²) < 4.78 is 24.5. The van der Waals surface area contributed by atoms with Gasteiger partial charge in [0.15, 0.2) is 0 Å². The van der Waals surface area contributed by atoms with Crippen LogP contribution >= 0.6 is 0 Å². The molecule has 0 unspecified atom stereocenters.